The predicted octanol–water partition coefficient (Wildman–Crippen LogP) is 1.99. The summed E-state index contributed by atoms with van der Waals surface area (Å²) in [6.45, 7) is 0. The molecule has 20 heavy (non-hydrogen) atoms. The van der Waals surface area contributed by atoms with Crippen LogP contribution in [-0.2, 0) is 0 Å². The van der Waals surface area contributed by atoms with Crippen LogP contribution in [0.4, 0.5) is 4.39 Å². The Morgan fingerprint density at radius 3 is 2.85 bits per heavy atom. The number of aromatic carboxylic acids is 1. The molecule has 0 saturated heterocycles. The summed E-state index contributed by atoms with van der Waals surface area (Å²) in [5.74, 6) is -0.969. The Kier molecular flexibility index (Phi) is 2.89. The lowest BCUT2D eigenvalue weighted by molar-refractivity contribution is 0.0683. The molecule has 0 aliphatic heterocycles. The van der Waals surface area contributed by atoms with Gasteiger partial charge in [0, 0.05) is 12.0 Å². The smallest absolute Gasteiger partial charge is 0.375 e. The quantitative estimate of drug-likeness (QED) is 0.924. The highest BCUT2D eigenvalue weighted by atomic mass is 19.1. The van der Waals surface area contributed by atoms with Crippen LogP contribution in [0.1, 0.15) is 35.2 Å². The van der Waals surface area contributed by atoms with E-state index < -0.39 is 11.8 Å². The van der Waals surface area contributed by atoms with E-state index in [0.717, 1.165) is 12.8 Å². The van der Waals surface area contributed by atoms with Crippen LogP contribution in [0.5, 0.6) is 5.75 Å². The summed E-state index contributed by atoms with van der Waals surface area (Å²) in [6, 6.07) is 4.22. The van der Waals surface area contributed by atoms with E-state index in [1.807, 2.05) is 0 Å². The lowest BCUT2D eigenvalue weighted by Crippen LogP contribution is -2.06. The molecule has 1 N–H and O–H groups in total. The molecular weight excluding hydrogens is 265 g/mol. The van der Waals surface area contributed by atoms with E-state index in [1.165, 1.54) is 30.0 Å². The van der Waals surface area contributed by atoms with Crippen molar-refractivity contribution >= 4 is 5.97 Å². The Balaban J connectivity index is 2.15. The van der Waals surface area contributed by atoms with E-state index in [1.54, 1.807) is 0 Å². The maximum Gasteiger partial charge on any atom is 0.375 e. The third-order valence-electron chi connectivity index (χ3n) is 3.15. The molecule has 3 rings (SSSR count). The van der Waals surface area contributed by atoms with Crippen LogP contribution >= 0.6 is 0 Å². The average Bonchev–Trinajstić information content (AvgIpc) is 3.18. The minimum atomic E-state index is -1.23. The molecular formula is C13H12FN3O3. The second kappa shape index (κ2) is 4.59. The Labute approximate surface area is 113 Å². The molecule has 1 fully saturated rings. The molecule has 6 nitrogen and oxygen atoms in total. The molecule has 1 aliphatic carbocycles. The number of hydrogen-bond donors (Lipinski definition) is 1. The van der Waals surface area contributed by atoms with Crippen molar-refractivity contribution in [3.63, 3.8) is 0 Å². The van der Waals surface area contributed by atoms with Crippen LogP contribution in [0.25, 0.3) is 5.69 Å². The summed E-state index contributed by atoms with van der Waals surface area (Å²) in [4.78, 5) is 15.0. The predicted molar refractivity (Wildman–Crippen MR) is 66.8 cm³/mol. The van der Waals surface area contributed by atoms with E-state index in [-0.39, 0.29) is 17.4 Å². The zero-order valence-corrected chi connectivity index (χ0v) is 10.7. The van der Waals surface area contributed by atoms with E-state index >= 15 is 0 Å². The molecule has 1 heterocycles. The van der Waals surface area contributed by atoms with Crippen LogP contribution in [0.15, 0.2) is 18.2 Å². The van der Waals surface area contributed by atoms with Crippen molar-refractivity contribution in [1.29, 1.82) is 0 Å². The Hall–Kier alpha value is -2.44. The fourth-order valence-electron chi connectivity index (χ4n) is 1.98. The fourth-order valence-corrected chi connectivity index (χ4v) is 1.98. The summed E-state index contributed by atoms with van der Waals surface area (Å²) in [6.07, 6.45) is 1.81. The monoisotopic (exact) mass is 277 g/mol. The van der Waals surface area contributed by atoms with Gasteiger partial charge in [-0.2, -0.15) is 0 Å². The number of methoxy groups -OCH3 is 1. The number of carboxylic acid groups (broad SMARTS) is 1. The molecule has 0 amide bonds. The van der Waals surface area contributed by atoms with E-state index in [4.69, 9.17) is 9.84 Å². The van der Waals surface area contributed by atoms with Gasteiger partial charge in [-0.1, -0.05) is 0 Å². The van der Waals surface area contributed by atoms with Gasteiger partial charge in [0.1, 0.15) is 23.1 Å². The average molecular weight is 277 g/mol. The van der Waals surface area contributed by atoms with Gasteiger partial charge in [-0.05, 0) is 25.0 Å². The summed E-state index contributed by atoms with van der Waals surface area (Å²) < 4.78 is 20.3. The summed E-state index contributed by atoms with van der Waals surface area (Å²) in [5, 5.41) is 12.9. The second-order valence-electron chi connectivity index (χ2n) is 4.60. The molecule has 1 aliphatic rings. The van der Waals surface area contributed by atoms with Crippen LogP contribution in [0, 0.1) is 5.82 Å². The second-order valence-corrected chi connectivity index (χ2v) is 4.60. The molecule has 0 bridgehead atoms. The Bertz CT molecular complexity index is 679. The Morgan fingerprint density at radius 1 is 1.50 bits per heavy atom. The van der Waals surface area contributed by atoms with Gasteiger partial charge in [0.05, 0.1) is 7.11 Å². The zero-order valence-electron chi connectivity index (χ0n) is 10.7. The van der Waals surface area contributed by atoms with Gasteiger partial charge in [-0.25, -0.2) is 18.9 Å². The number of nitrogens with zero attached hydrogens (tertiary/aromatic N) is 3. The lowest BCUT2D eigenvalue weighted by Gasteiger charge is -2.08. The topological polar surface area (TPSA) is 77.2 Å². The summed E-state index contributed by atoms with van der Waals surface area (Å²) in [5.41, 5.74) is 0.145. The van der Waals surface area contributed by atoms with Gasteiger partial charge in [-0.15, -0.1) is 5.10 Å². The minimum absolute atomic E-state index is 0.140. The molecule has 2 aromatic rings. The van der Waals surface area contributed by atoms with Crippen molar-refractivity contribution < 1.29 is 19.0 Å². The summed E-state index contributed by atoms with van der Waals surface area (Å²) >= 11 is 0. The van der Waals surface area contributed by atoms with E-state index in [0.29, 0.717) is 11.6 Å². The SMILES string of the molecule is COc1ccc(F)c(-n2nc(C(=O)O)nc2C2CC2)c1. The number of rotatable bonds is 4. The molecule has 0 atom stereocenters. The van der Waals surface area contributed by atoms with E-state index in [2.05, 4.69) is 10.1 Å². The van der Waals surface area contributed by atoms with Gasteiger partial charge >= 0.3 is 5.97 Å². The van der Waals surface area contributed by atoms with Crippen molar-refractivity contribution in [3.8, 4) is 11.4 Å². The number of carbonyl (C=O) groups is 1. The first-order chi connectivity index (χ1) is 9.60. The van der Waals surface area contributed by atoms with Gasteiger partial charge in [0.25, 0.3) is 5.82 Å². The molecule has 1 aromatic heterocycles. The zero-order chi connectivity index (χ0) is 14.3. The van der Waals surface area contributed by atoms with Gasteiger partial charge in [0.15, 0.2) is 0 Å². The third-order valence-corrected chi connectivity index (χ3v) is 3.15. The molecule has 0 radical (unpaired) electrons. The van der Waals surface area contributed by atoms with Crippen molar-refractivity contribution in [3.05, 3.63) is 35.7 Å². The number of halogens is 1. The molecule has 104 valence electrons. The molecule has 0 unspecified atom stereocenters. The molecule has 0 spiro atoms. The molecule has 1 saturated carbocycles. The van der Waals surface area contributed by atoms with E-state index in [9.17, 15) is 9.18 Å². The van der Waals surface area contributed by atoms with Crippen LogP contribution < -0.4 is 4.74 Å². The van der Waals surface area contributed by atoms with Crippen molar-refractivity contribution in [2.45, 2.75) is 18.8 Å². The van der Waals surface area contributed by atoms with Crippen LogP contribution in [0.2, 0.25) is 0 Å². The maximum absolute atomic E-state index is 14.0. The number of benzene rings is 1. The molecule has 1 aromatic carbocycles. The van der Waals surface area contributed by atoms with Crippen molar-refractivity contribution in [2.75, 3.05) is 7.11 Å². The number of ether oxygens (including phenoxy) is 1. The number of carboxylic acids is 1. The van der Waals surface area contributed by atoms with Gasteiger partial charge in [0.2, 0.25) is 0 Å². The number of aromatic nitrogens is 3. The fraction of sp³-hybridized carbons (Fsp3) is 0.308. The Morgan fingerprint density at radius 2 is 2.25 bits per heavy atom. The largest absolute Gasteiger partial charge is 0.497 e. The van der Waals surface area contributed by atoms with Gasteiger partial charge in [-0.3, -0.25) is 0 Å². The third kappa shape index (κ3) is 2.11. The van der Waals surface area contributed by atoms with Crippen LogP contribution in [-0.4, -0.2) is 33.0 Å². The first-order valence-electron chi connectivity index (χ1n) is 6.14. The minimum Gasteiger partial charge on any atom is -0.497 e. The van der Waals surface area contributed by atoms with Gasteiger partial charge < -0.3 is 9.84 Å². The highest BCUT2D eigenvalue weighted by molar-refractivity contribution is 5.83. The lowest BCUT2D eigenvalue weighted by atomic mass is 10.2. The number of hydrogen-bond acceptors (Lipinski definition) is 4. The first kappa shape index (κ1) is 12.6. The summed E-state index contributed by atoms with van der Waals surface area (Å²) in [7, 11) is 1.48. The standard InChI is InChI=1S/C13H12FN3O3/c1-20-8-4-5-9(14)10(6-8)17-12(7-2-3-7)15-11(16-17)13(18)19/h4-7H,2-3H2,1H3,(H,18,19). The van der Waals surface area contributed by atoms with Crippen molar-refractivity contribution in [2.24, 2.45) is 0 Å². The highest BCUT2D eigenvalue weighted by Gasteiger charge is 2.32. The normalized spacial score (nSPS) is 14.3. The molecule has 7 heteroatoms. The highest BCUT2D eigenvalue weighted by Crippen LogP contribution is 2.40. The maximum atomic E-state index is 14.0. The van der Waals surface area contributed by atoms with Crippen LogP contribution in [0.3, 0.4) is 0 Å². The first-order valence-corrected chi connectivity index (χ1v) is 6.14. The van der Waals surface area contributed by atoms with Crippen molar-refractivity contribution in [1.82, 2.24) is 14.8 Å².